The monoisotopic (exact) mass is 617 g/mol. The van der Waals surface area contributed by atoms with Crippen LogP contribution in [0.2, 0.25) is 5.02 Å². The third-order valence-corrected chi connectivity index (χ3v) is 9.69. The predicted molar refractivity (Wildman–Crippen MR) is 143 cm³/mol. The van der Waals surface area contributed by atoms with Crippen LogP contribution in [0.5, 0.6) is 5.75 Å². The summed E-state index contributed by atoms with van der Waals surface area (Å²) in [6.45, 7) is 0.781. The van der Waals surface area contributed by atoms with Crippen LogP contribution in [0, 0.1) is 0 Å². The zero-order chi connectivity index (χ0) is 29.3. The zero-order valence-electron chi connectivity index (χ0n) is 20.8. The third kappa shape index (κ3) is 6.35. The second-order valence-electron chi connectivity index (χ2n) is 8.75. The minimum Gasteiger partial charge on any atom is -0.496 e. The minimum atomic E-state index is -4.78. The van der Waals surface area contributed by atoms with Gasteiger partial charge in [-0.1, -0.05) is 11.6 Å². The first-order valence-corrected chi connectivity index (χ1v) is 15.0. The number of nitrogens with zero attached hydrogens (tertiary/aromatic N) is 1. The second kappa shape index (κ2) is 11.3. The highest BCUT2D eigenvalue weighted by molar-refractivity contribution is 7.92. The van der Waals surface area contributed by atoms with Crippen LogP contribution in [0.4, 0.5) is 24.5 Å². The first kappa shape index (κ1) is 29.6. The predicted octanol–water partition coefficient (Wildman–Crippen LogP) is 5.21. The molecular formula is C25H23ClF3N3O6S2. The molecule has 0 atom stereocenters. The number of hydrogen-bond acceptors (Lipinski definition) is 6. The Kier molecular flexibility index (Phi) is 8.36. The van der Waals surface area contributed by atoms with Crippen LogP contribution >= 0.6 is 11.6 Å². The summed E-state index contributed by atoms with van der Waals surface area (Å²) in [5, 5.41) is 1.98. The van der Waals surface area contributed by atoms with Crippen molar-refractivity contribution < 1.29 is 39.5 Å². The van der Waals surface area contributed by atoms with E-state index in [1.54, 1.807) is 0 Å². The number of carbonyl (C=O) groups excluding carboxylic acids is 1. The highest BCUT2D eigenvalue weighted by Gasteiger charge is 2.34. The van der Waals surface area contributed by atoms with E-state index in [-0.39, 0.29) is 32.5 Å². The highest BCUT2D eigenvalue weighted by atomic mass is 35.5. The normalized spacial score (nSPS) is 14.6. The lowest BCUT2D eigenvalue weighted by molar-refractivity contribution is -0.137. The molecule has 0 aromatic heterocycles. The lowest BCUT2D eigenvalue weighted by Crippen LogP contribution is -2.28. The van der Waals surface area contributed by atoms with Crippen LogP contribution in [0.15, 0.2) is 70.5 Å². The fraction of sp³-hybridized carbons (Fsp3) is 0.240. The number of ether oxygens (including phenoxy) is 1. The molecule has 1 amide bonds. The zero-order valence-corrected chi connectivity index (χ0v) is 23.2. The van der Waals surface area contributed by atoms with E-state index in [4.69, 9.17) is 16.3 Å². The second-order valence-corrected chi connectivity index (χ2v) is 12.8. The standard InChI is InChI=1S/C25H23ClF3N3O6S2/c1-38-23-11-9-19(40(36,37)32-12-2-3-13-32)15-20(23)24(33)30-16-4-7-18(8-5-16)39(34,35)31-17-6-10-22(26)21(14-17)25(27,28)29/h4-11,14-15,31H,2-3,12-13H2,1H3,(H,30,33). The summed E-state index contributed by atoms with van der Waals surface area (Å²) < 4.78 is 99.3. The SMILES string of the molecule is COc1ccc(S(=O)(=O)N2CCCC2)cc1C(=O)Nc1ccc(S(=O)(=O)Nc2ccc(Cl)c(C(F)(F)F)c2)cc1. The molecule has 0 radical (unpaired) electrons. The van der Waals surface area contributed by atoms with Crippen molar-refractivity contribution in [2.24, 2.45) is 0 Å². The number of sulfonamides is 2. The molecule has 2 N–H and O–H groups in total. The van der Waals surface area contributed by atoms with Gasteiger partial charge in [-0.2, -0.15) is 17.5 Å². The summed E-state index contributed by atoms with van der Waals surface area (Å²) in [5.74, 6) is -0.577. The Labute approximate surface area is 234 Å². The summed E-state index contributed by atoms with van der Waals surface area (Å²) in [5.41, 5.74) is -1.42. The van der Waals surface area contributed by atoms with Gasteiger partial charge in [0.25, 0.3) is 15.9 Å². The van der Waals surface area contributed by atoms with Crippen molar-refractivity contribution in [1.29, 1.82) is 0 Å². The van der Waals surface area contributed by atoms with Gasteiger partial charge in [-0.25, -0.2) is 16.8 Å². The van der Waals surface area contributed by atoms with E-state index >= 15 is 0 Å². The van der Waals surface area contributed by atoms with Crippen molar-refractivity contribution in [2.45, 2.75) is 28.8 Å². The van der Waals surface area contributed by atoms with Gasteiger partial charge < -0.3 is 10.1 Å². The number of benzene rings is 3. The van der Waals surface area contributed by atoms with Gasteiger partial charge in [-0.05, 0) is 73.5 Å². The number of methoxy groups -OCH3 is 1. The van der Waals surface area contributed by atoms with Gasteiger partial charge >= 0.3 is 6.18 Å². The number of hydrogen-bond donors (Lipinski definition) is 2. The maximum atomic E-state index is 13.1. The van der Waals surface area contributed by atoms with Crippen molar-refractivity contribution in [1.82, 2.24) is 4.31 Å². The lowest BCUT2D eigenvalue weighted by atomic mass is 10.2. The van der Waals surface area contributed by atoms with Crippen LogP contribution in [0.3, 0.4) is 0 Å². The Morgan fingerprint density at radius 1 is 0.900 bits per heavy atom. The average Bonchev–Trinajstić information content (AvgIpc) is 3.45. The Hall–Kier alpha value is -3.33. The van der Waals surface area contributed by atoms with Crippen molar-refractivity contribution in [3.05, 3.63) is 76.8 Å². The average molecular weight is 618 g/mol. The first-order chi connectivity index (χ1) is 18.7. The summed E-state index contributed by atoms with van der Waals surface area (Å²) in [4.78, 5) is 12.7. The topological polar surface area (TPSA) is 122 Å². The van der Waals surface area contributed by atoms with Gasteiger partial charge in [-0.15, -0.1) is 0 Å². The van der Waals surface area contributed by atoms with Gasteiger partial charge in [0.2, 0.25) is 10.0 Å². The van der Waals surface area contributed by atoms with Crippen LogP contribution in [-0.4, -0.2) is 47.2 Å². The molecule has 3 aromatic rings. The largest absolute Gasteiger partial charge is 0.496 e. The molecule has 1 aliphatic heterocycles. The highest BCUT2D eigenvalue weighted by Crippen LogP contribution is 2.36. The van der Waals surface area contributed by atoms with Crippen LogP contribution in [0.25, 0.3) is 0 Å². The maximum Gasteiger partial charge on any atom is 0.417 e. The molecular weight excluding hydrogens is 595 g/mol. The number of halogens is 4. The Balaban J connectivity index is 1.53. The third-order valence-electron chi connectivity index (χ3n) is 6.06. The molecule has 1 fully saturated rings. The summed E-state index contributed by atoms with van der Waals surface area (Å²) in [6, 6.07) is 11.4. The van der Waals surface area contributed by atoms with Gasteiger partial charge in [0.1, 0.15) is 5.75 Å². The number of amides is 1. The number of nitrogens with one attached hydrogen (secondary N) is 2. The van der Waals surface area contributed by atoms with Crippen molar-refractivity contribution in [3.8, 4) is 5.75 Å². The molecule has 1 aliphatic rings. The molecule has 15 heteroatoms. The summed E-state index contributed by atoms with van der Waals surface area (Å²) in [7, 11) is -6.77. The first-order valence-electron chi connectivity index (χ1n) is 11.7. The smallest absolute Gasteiger partial charge is 0.417 e. The Bertz CT molecular complexity index is 1640. The number of anilines is 2. The molecule has 4 rings (SSSR count). The molecule has 0 aliphatic carbocycles. The van der Waals surface area contributed by atoms with Gasteiger partial charge in [-0.3, -0.25) is 9.52 Å². The molecule has 3 aromatic carbocycles. The quantitative estimate of drug-likeness (QED) is 0.358. The van der Waals surface area contributed by atoms with Crippen LogP contribution in [-0.2, 0) is 26.2 Å². The van der Waals surface area contributed by atoms with E-state index in [0.717, 1.165) is 37.1 Å². The van der Waals surface area contributed by atoms with Crippen LogP contribution < -0.4 is 14.8 Å². The Morgan fingerprint density at radius 2 is 1.50 bits per heavy atom. The molecule has 1 saturated heterocycles. The molecule has 214 valence electrons. The number of carbonyl (C=O) groups is 1. The number of rotatable bonds is 8. The van der Waals surface area contributed by atoms with E-state index in [1.807, 2.05) is 0 Å². The van der Waals surface area contributed by atoms with Crippen LogP contribution in [0.1, 0.15) is 28.8 Å². The minimum absolute atomic E-state index is 0.0515. The molecule has 1 heterocycles. The fourth-order valence-corrected chi connectivity index (χ4v) is 6.86. The molecule has 9 nitrogen and oxygen atoms in total. The molecule has 0 spiro atoms. The van der Waals surface area contributed by atoms with Gasteiger partial charge in [0, 0.05) is 24.5 Å². The Morgan fingerprint density at radius 3 is 2.10 bits per heavy atom. The van der Waals surface area contributed by atoms with E-state index in [0.29, 0.717) is 19.2 Å². The summed E-state index contributed by atoms with van der Waals surface area (Å²) in [6.07, 6.45) is -3.28. The lowest BCUT2D eigenvalue weighted by Gasteiger charge is -2.17. The molecule has 0 unspecified atom stereocenters. The van der Waals surface area contributed by atoms with Crippen molar-refractivity contribution in [2.75, 3.05) is 30.2 Å². The van der Waals surface area contributed by atoms with E-state index in [1.165, 1.54) is 41.7 Å². The molecule has 0 saturated carbocycles. The molecule has 0 bridgehead atoms. The van der Waals surface area contributed by atoms with E-state index < -0.39 is 42.7 Å². The molecule has 40 heavy (non-hydrogen) atoms. The van der Waals surface area contributed by atoms with E-state index in [2.05, 4.69) is 10.0 Å². The summed E-state index contributed by atoms with van der Waals surface area (Å²) >= 11 is 5.58. The van der Waals surface area contributed by atoms with Crippen molar-refractivity contribution in [3.63, 3.8) is 0 Å². The number of alkyl halides is 3. The van der Waals surface area contributed by atoms with Gasteiger partial charge in [0.15, 0.2) is 0 Å². The van der Waals surface area contributed by atoms with E-state index in [9.17, 15) is 34.8 Å². The fourth-order valence-electron chi connectivity index (χ4n) is 4.04. The van der Waals surface area contributed by atoms with Gasteiger partial charge in [0.05, 0.1) is 33.1 Å². The maximum absolute atomic E-state index is 13.1. The van der Waals surface area contributed by atoms with Crippen molar-refractivity contribution >= 4 is 48.9 Å².